The summed E-state index contributed by atoms with van der Waals surface area (Å²) in [7, 11) is -1.83. The maximum atomic E-state index is 11.7. The molecule has 5 nitrogen and oxygen atoms in total. The van der Waals surface area contributed by atoms with E-state index in [9.17, 15) is 8.42 Å². The number of aliphatic hydroxyl groups excluding tert-OH is 1. The lowest BCUT2D eigenvalue weighted by Gasteiger charge is -2.19. The van der Waals surface area contributed by atoms with Gasteiger partial charge in [0.1, 0.15) is 0 Å². The van der Waals surface area contributed by atoms with E-state index < -0.39 is 10.2 Å². The Balaban J connectivity index is 2.31. The monoisotopic (exact) mass is 250 g/mol. The van der Waals surface area contributed by atoms with Crippen molar-refractivity contribution >= 4 is 10.2 Å². The van der Waals surface area contributed by atoms with Crippen LogP contribution in [0.1, 0.15) is 26.2 Å². The molecule has 0 aromatic heterocycles. The summed E-state index contributed by atoms with van der Waals surface area (Å²) in [4.78, 5) is 0. The lowest BCUT2D eigenvalue weighted by Crippen LogP contribution is -2.40. The van der Waals surface area contributed by atoms with Gasteiger partial charge in [-0.2, -0.15) is 12.7 Å². The highest BCUT2D eigenvalue weighted by atomic mass is 32.2. The van der Waals surface area contributed by atoms with Crippen LogP contribution < -0.4 is 4.72 Å². The molecule has 0 aromatic carbocycles. The first-order chi connectivity index (χ1) is 7.47. The van der Waals surface area contributed by atoms with Crippen LogP contribution in [-0.2, 0) is 10.2 Å². The van der Waals surface area contributed by atoms with Gasteiger partial charge < -0.3 is 5.11 Å². The van der Waals surface area contributed by atoms with Crippen molar-refractivity contribution in [2.75, 3.05) is 26.7 Å². The van der Waals surface area contributed by atoms with E-state index in [0.29, 0.717) is 31.3 Å². The normalized spacial score (nSPS) is 19.0. The van der Waals surface area contributed by atoms with Gasteiger partial charge in [-0.15, -0.1) is 0 Å². The third-order valence-electron chi connectivity index (χ3n) is 3.06. The van der Waals surface area contributed by atoms with Gasteiger partial charge in [-0.05, 0) is 31.1 Å². The second-order valence-electron chi connectivity index (χ2n) is 4.57. The van der Waals surface area contributed by atoms with Crippen LogP contribution in [0.3, 0.4) is 0 Å². The van der Waals surface area contributed by atoms with E-state index >= 15 is 0 Å². The fourth-order valence-corrected chi connectivity index (χ4v) is 2.66. The van der Waals surface area contributed by atoms with Crippen molar-refractivity contribution in [3.05, 3.63) is 0 Å². The number of hydrogen-bond acceptors (Lipinski definition) is 3. The lowest BCUT2D eigenvalue weighted by atomic mass is 10.1. The van der Waals surface area contributed by atoms with Crippen LogP contribution in [0.25, 0.3) is 0 Å². The largest absolute Gasteiger partial charge is 0.396 e. The Kier molecular flexibility index (Phi) is 5.17. The molecule has 1 rings (SSSR count). The van der Waals surface area contributed by atoms with E-state index in [2.05, 4.69) is 11.6 Å². The second kappa shape index (κ2) is 5.95. The van der Waals surface area contributed by atoms with Crippen LogP contribution in [-0.4, -0.2) is 44.6 Å². The number of nitrogens with zero attached hydrogens (tertiary/aromatic N) is 1. The third-order valence-corrected chi connectivity index (χ3v) is 4.59. The Bertz CT molecular complexity index is 301. The molecule has 16 heavy (non-hydrogen) atoms. The topological polar surface area (TPSA) is 69.6 Å². The summed E-state index contributed by atoms with van der Waals surface area (Å²) in [5.41, 5.74) is 0. The second-order valence-corrected chi connectivity index (χ2v) is 6.43. The molecule has 1 aliphatic carbocycles. The zero-order chi connectivity index (χ0) is 12.2. The highest BCUT2D eigenvalue weighted by Gasteiger charge is 2.29. The van der Waals surface area contributed by atoms with Crippen LogP contribution in [0.4, 0.5) is 0 Å². The highest BCUT2D eigenvalue weighted by Crippen LogP contribution is 2.36. The van der Waals surface area contributed by atoms with Gasteiger partial charge in [0.2, 0.25) is 0 Å². The summed E-state index contributed by atoms with van der Waals surface area (Å²) in [6.45, 7) is 2.95. The molecular weight excluding hydrogens is 228 g/mol. The Morgan fingerprint density at radius 2 is 2.12 bits per heavy atom. The fourth-order valence-electron chi connectivity index (χ4n) is 1.59. The predicted molar refractivity (Wildman–Crippen MR) is 63.1 cm³/mol. The van der Waals surface area contributed by atoms with Crippen molar-refractivity contribution < 1.29 is 13.5 Å². The van der Waals surface area contributed by atoms with E-state index in [1.165, 1.54) is 24.2 Å². The van der Waals surface area contributed by atoms with E-state index in [-0.39, 0.29) is 6.61 Å². The van der Waals surface area contributed by atoms with Gasteiger partial charge in [0, 0.05) is 26.7 Å². The summed E-state index contributed by atoms with van der Waals surface area (Å²) in [5.74, 6) is 1.12. The standard InChI is InChI=1S/C10H22N2O3S/c1-9(10-4-5-10)8-11-16(14,15)12(2)6-3-7-13/h9-11,13H,3-8H2,1-2H3. The SMILES string of the molecule is CC(CNS(=O)(=O)N(C)CCCO)C1CC1. The van der Waals surface area contributed by atoms with Crippen molar-refractivity contribution in [3.63, 3.8) is 0 Å². The fraction of sp³-hybridized carbons (Fsp3) is 1.00. The Morgan fingerprint density at radius 1 is 1.50 bits per heavy atom. The zero-order valence-corrected chi connectivity index (χ0v) is 10.8. The first-order valence-corrected chi connectivity index (χ1v) is 7.23. The van der Waals surface area contributed by atoms with Gasteiger partial charge >= 0.3 is 0 Å². The molecule has 1 unspecified atom stereocenters. The molecule has 0 heterocycles. The molecule has 0 amide bonds. The van der Waals surface area contributed by atoms with Crippen LogP contribution in [0.5, 0.6) is 0 Å². The maximum absolute atomic E-state index is 11.7. The van der Waals surface area contributed by atoms with Gasteiger partial charge in [-0.1, -0.05) is 6.92 Å². The van der Waals surface area contributed by atoms with Crippen molar-refractivity contribution in [2.45, 2.75) is 26.2 Å². The Labute approximate surface area is 98.0 Å². The molecule has 0 spiro atoms. The molecule has 6 heteroatoms. The van der Waals surface area contributed by atoms with Gasteiger partial charge in [0.15, 0.2) is 0 Å². The average Bonchev–Trinajstić information content (AvgIpc) is 3.06. The number of rotatable bonds is 8. The zero-order valence-electron chi connectivity index (χ0n) is 10.0. The van der Waals surface area contributed by atoms with Crippen molar-refractivity contribution in [1.82, 2.24) is 9.03 Å². The Morgan fingerprint density at radius 3 is 2.62 bits per heavy atom. The molecule has 1 saturated carbocycles. The van der Waals surface area contributed by atoms with Crippen LogP contribution >= 0.6 is 0 Å². The molecule has 1 atom stereocenters. The lowest BCUT2D eigenvalue weighted by molar-refractivity contribution is 0.275. The molecule has 1 fully saturated rings. The molecule has 0 bridgehead atoms. The maximum Gasteiger partial charge on any atom is 0.279 e. The smallest absolute Gasteiger partial charge is 0.279 e. The van der Waals surface area contributed by atoms with Crippen LogP contribution in [0, 0.1) is 11.8 Å². The van der Waals surface area contributed by atoms with E-state index in [1.807, 2.05) is 0 Å². The third kappa shape index (κ3) is 4.37. The summed E-state index contributed by atoms with van der Waals surface area (Å²) in [5, 5.41) is 8.64. The van der Waals surface area contributed by atoms with E-state index in [1.54, 1.807) is 0 Å². The Hall–Kier alpha value is -0.170. The molecule has 1 aliphatic rings. The molecule has 0 saturated heterocycles. The number of nitrogens with one attached hydrogen (secondary N) is 1. The van der Waals surface area contributed by atoms with Gasteiger partial charge in [0.05, 0.1) is 0 Å². The van der Waals surface area contributed by atoms with Crippen LogP contribution in [0.15, 0.2) is 0 Å². The average molecular weight is 250 g/mol. The highest BCUT2D eigenvalue weighted by molar-refractivity contribution is 7.87. The first-order valence-electron chi connectivity index (χ1n) is 5.79. The van der Waals surface area contributed by atoms with Gasteiger partial charge in [0.25, 0.3) is 10.2 Å². The molecule has 0 aromatic rings. The minimum atomic E-state index is -3.36. The van der Waals surface area contributed by atoms with Gasteiger partial charge in [-0.25, -0.2) is 4.72 Å². The molecular formula is C10H22N2O3S. The molecule has 0 aliphatic heterocycles. The summed E-state index contributed by atoms with van der Waals surface area (Å²) in [6, 6.07) is 0. The quantitative estimate of drug-likeness (QED) is 0.646. The van der Waals surface area contributed by atoms with E-state index in [0.717, 1.165) is 0 Å². The number of aliphatic hydroxyl groups is 1. The molecule has 2 N–H and O–H groups in total. The van der Waals surface area contributed by atoms with Gasteiger partial charge in [-0.3, -0.25) is 0 Å². The number of hydrogen-bond donors (Lipinski definition) is 2. The summed E-state index contributed by atoms with van der Waals surface area (Å²) in [6.07, 6.45) is 2.92. The molecule has 96 valence electrons. The van der Waals surface area contributed by atoms with Crippen molar-refractivity contribution in [3.8, 4) is 0 Å². The van der Waals surface area contributed by atoms with E-state index in [4.69, 9.17) is 5.11 Å². The first kappa shape index (κ1) is 13.9. The van der Waals surface area contributed by atoms with Crippen LogP contribution in [0.2, 0.25) is 0 Å². The molecule has 0 radical (unpaired) electrons. The van der Waals surface area contributed by atoms with Crippen molar-refractivity contribution in [1.29, 1.82) is 0 Å². The summed E-state index contributed by atoms with van der Waals surface area (Å²) < 4.78 is 27.3. The predicted octanol–water partition coefficient (Wildman–Crippen LogP) is 0.181. The minimum Gasteiger partial charge on any atom is -0.396 e. The van der Waals surface area contributed by atoms with Crippen molar-refractivity contribution in [2.24, 2.45) is 11.8 Å². The summed E-state index contributed by atoms with van der Waals surface area (Å²) >= 11 is 0. The minimum absolute atomic E-state index is 0.0122.